The highest BCUT2D eigenvalue weighted by Gasteiger charge is 2.30. The molecule has 0 spiro atoms. The van der Waals surface area contributed by atoms with E-state index in [0.717, 1.165) is 38.1 Å². The molecule has 128 valence electrons. The summed E-state index contributed by atoms with van der Waals surface area (Å²) in [7, 11) is 0. The second kappa shape index (κ2) is 7.79. The SMILES string of the molecule is CC(NC(=O)COC1CCNCC1)c1cccc(C(F)(F)F)c1. The molecule has 1 aliphatic rings. The van der Waals surface area contributed by atoms with E-state index in [9.17, 15) is 18.0 Å². The Morgan fingerprint density at radius 2 is 2.09 bits per heavy atom. The maximum atomic E-state index is 12.7. The summed E-state index contributed by atoms with van der Waals surface area (Å²) in [5, 5.41) is 5.87. The van der Waals surface area contributed by atoms with E-state index >= 15 is 0 Å². The van der Waals surface area contributed by atoms with Crippen LogP contribution in [-0.2, 0) is 15.7 Å². The molecule has 1 aromatic rings. The van der Waals surface area contributed by atoms with Gasteiger partial charge in [-0.05, 0) is 50.6 Å². The lowest BCUT2D eigenvalue weighted by molar-refractivity contribution is -0.137. The summed E-state index contributed by atoms with van der Waals surface area (Å²) in [5.74, 6) is -0.326. The Morgan fingerprint density at radius 1 is 1.39 bits per heavy atom. The van der Waals surface area contributed by atoms with Crippen molar-refractivity contribution in [2.45, 2.75) is 38.1 Å². The third-order valence-corrected chi connectivity index (χ3v) is 3.83. The molecule has 0 bridgehead atoms. The zero-order valence-corrected chi connectivity index (χ0v) is 13.0. The first-order chi connectivity index (χ1) is 10.9. The Kier molecular flexibility index (Phi) is 6.01. The molecule has 0 aliphatic carbocycles. The molecule has 4 nitrogen and oxygen atoms in total. The molecular weight excluding hydrogens is 309 g/mol. The lowest BCUT2D eigenvalue weighted by Crippen LogP contribution is -2.36. The van der Waals surface area contributed by atoms with Crippen molar-refractivity contribution in [1.82, 2.24) is 10.6 Å². The highest BCUT2D eigenvalue weighted by Crippen LogP contribution is 2.30. The summed E-state index contributed by atoms with van der Waals surface area (Å²) in [6.07, 6.45) is -2.61. The number of halogens is 3. The van der Waals surface area contributed by atoms with Gasteiger partial charge in [-0.1, -0.05) is 12.1 Å². The number of carbonyl (C=O) groups excluding carboxylic acids is 1. The second-order valence-corrected chi connectivity index (χ2v) is 5.67. The standard InChI is InChI=1S/C16H21F3N2O2/c1-11(12-3-2-4-13(9-12)16(17,18)19)21-15(22)10-23-14-5-7-20-8-6-14/h2-4,9,11,14,20H,5-8,10H2,1H3,(H,21,22). The Labute approximate surface area is 133 Å². The fourth-order valence-electron chi connectivity index (χ4n) is 2.51. The van der Waals surface area contributed by atoms with Crippen LogP contribution in [0, 0.1) is 0 Å². The van der Waals surface area contributed by atoms with Crippen molar-refractivity contribution in [3.8, 4) is 0 Å². The van der Waals surface area contributed by atoms with Gasteiger partial charge >= 0.3 is 6.18 Å². The summed E-state index contributed by atoms with van der Waals surface area (Å²) < 4.78 is 43.7. The van der Waals surface area contributed by atoms with Gasteiger partial charge in [-0.15, -0.1) is 0 Å². The van der Waals surface area contributed by atoms with Crippen LogP contribution in [0.25, 0.3) is 0 Å². The highest BCUT2D eigenvalue weighted by molar-refractivity contribution is 5.77. The Hall–Kier alpha value is -1.60. The molecule has 7 heteroatoms. The van der Waals surface area contributed by atoms with Crippen molar-refractivity contribution in [1.29, 1.82) is 0 Å². The molecule has 1 atom stereocenters. The first kappa shape index (κ1) is 17.7. The quantitative estimate of drug-likeness (QED) is 0.873. The van der Waals surface area contributed by atoms with E-state index in [0.29, 0.717) is 5.56 Å². The second-order valence-electron chi connectivity index (χ2n) is 5.67. The Bertz CT molecular complexity index is 528. The van der Waals surface area contributed by atoms with Gasteiger partial charge in [-0.3, -0.25) is 4.79 Å². The molecule has 23 heavy (non-hydrogen) atoms. The zero-order valence-electron chi connectivity index (χ0n) is 13.0. The van der Waals surface area contributed by atoms with Crippen LogP contribution in [-0.4, -0.2) is 31.7 Å². The van der Waals surface area contributed by atoms with Crippen LogP contribution in [0.1, 0.15) is 36.9 Å². The third-order valence-electron chi connectivity index (χ3n) is 3.83. The van der Waals surface area contributed by atoms with Crippen LogP contribution in [0.15, 0.2) is 24.3 Å². The van der Waals surface area contributed by atoms with Gasteiger partial charge in [-0.25, -0.2) is 0 Å². The lowest BCUT2D eigenvalue weighted by atomic mass is 10.0. The van der Waals surface area contributed by atoms with E-state index in [4.69, 9.17) is 4.74 Å². The molecule has 1 aromatic carbocycles. The van der Waals surface area contributed by atoms with E-state index < -0.39 is 17.8 Å². The number of alkyl halides is 3. The van der Waals surface area contributed by atoms with Crippen molar-refractivity contribution < 1.29 is 22.7 Å². The number of nitrogens with one attached hydrogen (secondary N) is 2. The zero-order chi connectivity index (χ0) is 16.9. The minimum Gasteiger partial charge on any atom is -0.368 e. The summed E-state index contributed by atoms with van der Waals surface area (Å²) in [5.41, 5.74) is -0.308. The van der Waals surface area contributed by atoms with Crippen molar-refractivity contribution in [3.05, 3.63) is 35.4 Å². The number of piperidine rings is 1. The molecule has 0 saturated carbocycles. The third kappa shape index (κ3) is 5.51. The molecule has 1 aliphatic heterocycles. The lowest BCUT2D eigenvalue weighted by Gasteiger charge is -2.23. The fraction of sp³-hybridized carbons (Fsp3) is 0.562. The molecule has 2 rings (SSSR count). The molecule has 1 saturated heterocycles. The van der Waals surface area contributed by atoms with Crippen molar-refractivity contribution in [2.75, 3.05) is 19.7 Å². The predicted molar refractivity (Wildman–Crippen MR) is 79.8 cm³/mol. The first-order valence-corrected chi connectivity index (χ1v) is 7.65. The summed E-state index contributed by atoms with van der Waals surface area (Å²) in [6, 6.07) is 4.46. The van der Waals surface area contributed by atoms with E-state index in [1.807, 2.05) is 0 Å². The van der Waals surface area contributed by atoms with Crippen LogP contribution >= 0.6 is 0 Å². The van der Waals surface area contributed by atoms with Gasteiger partial charge in [0.1, 0.15) is 6.61 Å². The van der Waals surface area contributed by atoms with Crippen LogP contribution in [0.4, 0.5) is 13.2 Å². The van der Waals surface area contributed by atoms with E-state index in [2.05, 4.69) is 10.6 Å². The van der Waals surface area contributed by atoms with Crippen molar-refractivity contribution in [3.63, 3.8) is 0 Å². The topological polar surface area (TPSA) is 50.4 Å². The van der Waals surface area contributed by atoms with Gasteiger partial charge in [0.15, 0.2) is 0 Å². The van der Waals surface area contributed by atoms with Gasteiger partial charge in [0, 0.05) is 0 Å². The normalized spacial score (nSPS) is 17.7. The van der Waals surface area contributed by atoms with Gasteiger partial charge in [0.05, 0.1) is 17.7 Å². The number of amides is 1. The number of rotatable bonds is 5. The monoisotopic (exact) mass is 330 g/mol. The van der Waals surface area contributed by atoms with Crippen molar-refractivity contribution in [2.24, 2.45) is 0 Å². The molecule has 1 unspecified atom stereocenters. The van der Waals surface area contributed by atoms with E-state index in [1.54, 1.807) is 13.0 Å². The van der Waals surface area contributed by atoms with Gasteiger partial charge in [-0.2, -0.15) is 13.2 Å². The summed E-state index contributed by atoms with van der Waals surface area (Å²) in [6.45, 7) is 3.31. The van der Waals surface area contributed by atoms with Crippen LogP contribution in [0.2, 0.25) is 0 Å². The molecule has 0 radical (unpaired) electrons. The van der Waals surface area contributed by atoms with Gasteiger partial charge < -0.3 is 15.4 Å². The minimum absolute atomic E-state index is 0.0610. The average Bonchev–Trinajstić information content (AvgIpc) is 2.53. The van der Waals surface area contributed by atoms with Crippen LogP contribution in [0.3, 0.4) is 0 Å². The molecule has 1 heterocycles. The van der Waals surface area contributed by atoms with Crippen LogP contribution in [0.5, 0.6) is 0 Å². The minimum atomic E-state index is -4.39. The number of hydrogen-bond acceptors (Lipinski definition) is 3. The van der Waals surface area contributed by atoms with Crippen LogP contribution < -0.4 is 10.6 Å². The van der Waals surface area contributed by atoms with Crippen molar-refractivity contribution >= 4 is 5.91 Å². The number of hydrogen-bond donors (Lipinski definition) is 2. The maximum absolute atomic E-state index is 12.7. The molecule has 1 fully saturated rings. The molecule has 0 aromatic heterocycles. The molecule has 1 amide bonds. The highest BCUT2D eigenvalue weighted by atomic mass is 19.4. The Balaban J connectivity index is 1.85. The molecule has 2 N–H and O–H groups in total. The van der Waals surface area contributed by atoms with Gasteiger partial charge in [0.2, 0.25) is 5.91 Å². The summed E-state index contributed by atoms with van der Waals surface area (Å²) in [4.78, 5) is 11.9. The smallest absolute Gasteiger partial charge is 0.368 e. The number of benzene rings is 1. The number of carbonyl (C=O) groups is 1. The summed E-state index contributed by atoms with van der Waals surface area (Å²) >= 11 is 0. The average molecular weight is 330 g/mol. The van der Waals surface area contributed by atoms with E-state index in [-0.39, 0.29) is 18.6 Å². The fourth-order valence-corrected chi connectivity index (χ4v) is 2.51. The maximum Gasteiger partial charge on any atom is 0.416 e. The molecular formula is C16H21F3N2O2. The predicted octanol–water partition coefficient (Wildman–Crippen LogP) is 2.65. The van der Waals surface area contributed by atoms with E-state index in [1.165, 1.54) is 6.07 Å². The Morgan fingerprint density at radius 3 is 2.74 bits per heavy atom. The first-order valence-electron chi connectivity index (χ1n) is 7.65. The largest absolute Gasteiger partial charge is 0.416 e. The number of ether oxygens (including phenoxy) is 1. The van der Waals surface area contributed by atoms with Gasteiger partial charge in [0.25, 0.3) is 0 Å².